The maximum absolute atomic E-state index is 12.4. The van der Waals surface area contributed by atoms with Crippen molar-refractivity contribution in [2.45, 2.75) is 11.8 Å². The van der Waals surface area contributed by atoms with Gasteiger partial charge in [-0.2, -0.15) is 0 Å². The molecule has 4 N–H and O–H groups in total. The first-order valence-electron chi connectivity index (χ1n) is 3.45. The molecule has 72 valence electrons. The van der Waals surface area contributed by atoms with E-state index in [0.29, 0.717) is 0 Å². The molecule has 1 aromatic heterocycles. The zero-order valence-corrected chi connectivity index (χ0v) is 8.18. The second-order valence-corrected chi connectivity index (χ2v) is 2.99. The van der Waals surface area contributed by atoms with Crippen molar-refractivity contribution in [1.82, 2.24) is 4.98 Å². The fraction of sp³-hybridized carbons (Fsp3) is 0.286. The molecule has 0 aliphatic rings. The molecular formula is C7H8BrF2N3. The average molecular weight is 252 g/mol. The van der Waals surface area contributed by atoms with Crippen LogP contribution in [0.5, 0.6) is 0 Å². The molecule has 1 aromatic rings. The molecule has 0 atom stereocenters. The lowest BCUT2D eigenvalue weighted by Crippen LogP contribution is -2.05. The van der Waals surface area contributed by atoms with Crippen LogP contribution in [0.25, 0.3) is 0 Å². The number of rotatable bonds is 2. The highest BCUT2D eigenvalue weighted by Gasteiger charge is 2.17. The third-order valence-electron chi connectivity index (χ3n) is 1.53. The van der Waals surface area contributed by atoms with Crippen molar-refractivity contribution < 1.29 is 8.78 Å². The minimum atomic E-state index is -2.62. The molecule has 0 amide bonds. The minimum absolute atomic E-state index is 0.0167. The Kier molecular flexibility index (Phi) is 3.02. The van der Waals surface area contributed by atoms with Gasteiger partial charge in [-0.05, 0) is 0 Å². The van der Waals surface area contributed by atoms with E-state index in [9.17, 15) is 8.78 Å². The SMILES string of the molecule is Nc1cc(N)c(C(F)F)c(CBr)n1. The first kappa shape index (κ1) is 10.2. The standard InChI is InChI=1S/C7H8BrF2N3/c8-2-4-6(7(9)10)3(11)1-5(12)13-4/h1,7H,2H2,(H4,11,12,13). The van der Waals surface area contributed by atoms with Crippen molar-refractivity contribution in [2.75, 3.05) is 11.5 Å². The topological polar surface area (TPSA) is 64.9 Å². The Morgan fingerprint density at radius 1 is 1.46 bits per heavy atom. The van der Waals surface area contributed by atoms with Gasteiger partial charge >= 0.3 is 0 Å². The quantitative estimate of drug-likeness (QED) is 0.792. The molecule has 0 saturated heterocycles. The smallest absolute Gasteiger partial charge is 0.267 e. The summed E-state index contributed by atoms with van der Waals surface area (Å²) in [5, 5.41) is 0.210. The number of nitrogens with zero attached hydrogens (tertiary/aromatic N) is 1. The summed E-state index contributed by atoms with van der Waals surface area (Å²) < 4.78 is 24.9. The van der Waals surface area contributed by atoms with E-state index in [0.717, 1.165) is 0 Å². The second-order valence-electron chi connectivity index (χ2n) is 2.43. The number of hydrogen-bond donors (Lipinski definition) is 2. The summed E-state index contributed by atoms with van der Waals surface area (Å²) in [6.45, 7) is 0. The van der Waals surface area contributed by atoms with Crippen molar-refractivity contribution in [3.05, 3.63) is 17.3 Å². The normalized spacial score (nSPS) is 10.8. The lowest BCUT2D eigenvalue weighted by molar-refractivity contribution is 0.151. The Morgan fingerprint density at radius 3 is 2.54 bits per heavy atom. The Balaban J connectivity index is 3.30. The van der Waals surface area contributed by atoms with Crippen molar-refractivity contribution in [2.24, 2.45) is 0 Å². The number of alkyl halides is 3. The van der Waals surface area contributed by atoms with E-state index in [1.165, 1.54) is 6.07 Å². The van der Waals surface area contributed by atoms with Crippen molar-refractivity contribution in [3.8, 4) is 0 Å². The first-order valence-corrected chi connectivity index (χ1v) is 4.57. The van der Waals surface area contributed by atoms with Gasteiger partial charge in [0.25, 0.3) is 6.43 Å². The molecule has 1 rings (SSSR count). The largest absolute Gasteiger partial charge is 0.398 e. The van der Waals surface area contributed by atoms with Gasteiger partial charge in [0.2, 0.25) is 0 Å². The third-order valence-corrected chi connectivity index (χ3v) is 2.07. The lowest BCUT2D eigenvalue weighted by atomic mass is 10.1. The molecule has 0 bridgehead atoms. The predicted molar refractivity (Wildman–Crippen MR) is 50.6 cm³/mol. The van der Waals surface area contributed by atoms with Crippen molar-refractivity contribution in [3.63, 3.8) is 0 Å². The number of hydrogen-bond acceptors (Lipinski definition) is 3. The number of nitrogen functional groups attached to an aromatic ring is 2. The number of nitrogens with two attached hydrogens (primary N) is 2. The van der Waals surface area contributed by atoms with Gasteiger partial charge in [-0.25, -0.2) is 13.8 Å². The molecule has 0 spiro atoms. The van der Waals surface area contributed by atoms with E-state index >= 15 is 0 Å². The predicted octanol–water partition coefficient (Wildman–Crippen LogP) is 2.08. The van der Waals surface area contributed by atoms with Gasteiger partial charge in [0.1, 0.15) is 5.82 Å². The van der Waals surface area contributed by atoms with Gasteiger partial charge in [0.05, 0.1) is 11.3 Å². The van der Waals surface area contributed by atoms with Crippen molar-refractivity contribution >= 4 is 27.4 Å². The van der Waals surface area contributed by atoms with Crippen LogP contribution in [-0.2, 0) is 5.33 Å². The summed E-state index contributed by atoms with van der Waals surface area (Å²) in [4.78, 5) is 3.74. The molecule has 1 heterocycles. The molecule has 0 aliphatic heterocycles. The Hall–Kier alpha value is -0.910. The molecule has 0 aliphatic carbocycles. The van der Waals surface area contributed by atoms with Crippen LogP contribution in [0.2, 0.25) is 0 Å². The van der Waals surface area contributed by atoms with E-state index < -0.39 is 6.43 Å². The number of aromatic nitrogens is 1. The van der Waals surface area contributed by atoms with Gasteiger partial charge in [0.15, 0.2) is 0 Å². The number of halogens is 3. The highest BCUT2D eigenvalue weighted by atomic mass is 79.9. The number of pyridine rings is 1. The molecule has 0 unspecified atom stereocenters. The Labute approximate surface area is 82.3 Å². The van der Waals surface area contributed by atoms with E-state index in [4.69, 9.17) is 11.5 Å². The van der Waals surface area contributed by atoms with Gasteiger partial charge in [-0.3, -0.25) is 0 Å². The highest BCUT2D eigenvalue weighted by molar-refractivity contribution is 9.08. The molecule has 13 heavy (non-hydrogen) atoms. The van der Waals surface area contributed by atoms with Gasteiger partial charge in [-0.15, -0.1) is 0 Å². The van der Waals surface area contributed by atoms with E-state index in [1.807, 2.05) is 0 Å². The van der Waals surface area contributed by atoms with Crippen LogP contribution in [-0.4, -0.2) is 4.98 Å². The minimum Gasteiger partial charge on any atom is -0.398 e. The van der Waals surface area contributed by atoms with Crippen LogP contribution in [0.1, 0.15) is 17.7 Å². The first-order chi connectivity index (χ1) is 6.06. The van der Waals surface area contributed by atoms with Crippen LogP contribution in [0.15, 0.2) is 6.07 Å². The van der Waals surface area contributed by atoms with Gasteiger partial charge in [-0.1, -0.05) is 15.9 Å². The molecule has 0 fully saturated rings. The monoisotopic (exact) mass is 251 g/mol. The van der Waals surface area contributed by atoms with Crippen LogP contribution < -0.4 is 11.5 Å². The third kappa shape index (κ3) is 2.06. The summed E-state index contributed by atoms with van der Waals surface area (Å²) >= 11 is 3.04. The molecule has 3 nitrogen and oxygen atoms in total. The summed E-state index contributed by atoms with van der Waals surface area (Å²) in [7, 11) is 0. The molecule has 0 aromatic carbocycles. The van der Waals surface area contributed by atoms with Crippen molar-refractivity contribution in [1.29, 1.82) is 0 Å². The Bertz CT molecular complexity index is 317. The van der Waals surface area contributed by atoms with E-state index in [-0.39, 0.29) is 28.1 Å². The maximum Gasteiger partial charge on any atom is 0.267 e. The van der Waals surface area contributed by atoms with Gasteiger partial charge in [0, 0.05) is 17.1 Å². The van der Waals surface area contributed by atoms with Gasteiger partial charge < -0.3 is 11.5 Å². The van der Waals surface area contributed by atoms with Crippen LogP contribution in [0.4, 0.5) is 20.3 Å². The molecule has 0 saturated carbocycles. The summed E-state index contributed by atoms with van der Waals surface area (Å²) in [5.41, 5.74) is 10.7. The summed E-state index contributed by atoms with van der Waals surface area (Å²) in [5.74, 6) is 0.149. The summed E-state index contributed by atoms with van der Waals surface area (Å²) in [6.07, 6.45) is -2.62. The Morgan fingerprint density at radius 2 is 2.08 bits per heavy atom. The summed E-state index contributed by atoms with van der Waals surface area (Å²) in [6, 6.07) is 1.23. The second kappa shape index (κ2) is 3.87. The lowest BCUT2D eigenvalue weighted by Gasteiger charge is -2.09. The van der Waals surface area contributed by atoms with Crippen LogP contribution in [0, 0.1) is 0 Å². The van der Waals surface area contributed by atoms with E-state index in [2.05, 4.69) is 20.9 Å². The number of anilines is 2. The fourth-order valence-electron chi connectivity index (χ4n) is 1.01. The average Bonchev–Trinajstić information content (AvgIpc) is 2.01. The molecule has 6 heteroatoms. The fourth-order valence-corrected chi connectivity index (χ4v) is 1.43. The zero-order valence-electron chi connectivity index (χ0n) is 6.60. The maximum atomic E-state index is 12.4. The van der Waals surface area contributed by atoms with Crippen LogP contribution in [0.3, 0.4) is 0 Å². The zero-order chi connectivity index (χ0) is 10.0. The molecular weight excluding hydrogens is 244 g/mol. The van der Waals surface area contributed by atoms with E-state index in [1.54, 1.807) is 0 Å². The molecule has 0 radical (unpaired) electrons. The highest BCUT2D eigenvalue weighted by Crippen LogP contribution is 2.29. The van der Waals surface area contributed by atoms with Crippen LogP contribution >= 0.6 is 15.9 Å².